The van der Waals surface area contributed by atoms with Gasteiger partial charge in [0.15, 0.2) is 0 Å². The molecule has 49 heavy (non-hydrogen) atoms. The molecule has 0 aromatic heterocycles. The van der Waals surface area contributed by atoms with Crippen molar-refractivity contribution in [2.24, 2.45) is 0 Å². The highest BCUT2D eigenvalue weighted by Crippen LogP contribution is 2.40. The first-order chi connectivity index (χ1) is 23.2. The van der Waals surface area contributed by atoms with Gasteiger partial charge in [0.05, 0.1) is 22.4 Å². The van der Waals surface area contributed by atoms with E-state index in [0.29, 0.717) is 0 Å². The molecule has 0 unspecified atom stereocenters. The number of hydrogen-bond acceptors (Lipinski definition) is 5. The Labute approximate surface area is 292 Å². The lowest BCUT2D eigenvalue weighted by Crippen LogP contribution is -2.41. The van der Waals surface area contributed by atoms with Crippen LogP contribution < -0.4 is 15.8 Å². The van der Waals surface area contributed by atoms with Crippen molar-refractivity contribution >= 4 is 42.2 Å². The van der Waals surface area contributed by atoms with Gasteiger partial charge in [-0.1, -0.05) is 91.0 Å². The van der Waals surface area contributed by atoms with E-state index in [4.69, 9.17) is 18.6 Å². The summed E-state index contributed by atoms with van der Waals surface area (Å²) in [5.41, 5.74) is 8.08. The van der Waals surface area contributed by atoms with E-state index in [1.54, 1.807) is 0 Å². The van der Waals surface area contributed by atoms with E-state index in [9.17, 15) is 0 Å². The van der Waals surface area contributed by atoms with Gasteiger partial charge >= 0.3 is 14.2 Å². The van der Waals surface area contributed by atoms with Gasteiger partial charge in [0.25, 0.3) is 0 Å². The summed E-state index contributed by atoms with van der Waals surface area (Å²) >= 11 is 0. The average Bonchev–Trinajstić information content (AvgIpc) is 3.45. The molecule has 0 radical (unpaired) electrons. The highest BCUT2D eigenvalue weighted by molar-refractivity contribution is 6.62. The Morgan fingerprint density at radius 3 is 1.08 bits per heavy atom. The van der Waals surface area contributed by atoms with Gasteiger partial charge in [-0.3, -0.25) is 0 Å². The van der Waals surface area contributed by atoms with Crippen LogP contribution in [0.15, 0.2) is 127 Å². The lowest BCUT2D eigenvalue weighted by molar-refractivity contribution is 0.00578. The van der Waals surface area contributed by atoms with Gasteiger partial charge in [0.2, 0.25) is 0 Å². The molecular formula is C42H45B2NO4. The Balaban J connectivity index is 1.23. The van der Waals surface area contributed by atoms with Crippen LogP contribution in [0.3, 0.4) is 0 Å². The Morgan fingerprint density at radius 2 is 0.694 bits per heavy atom. The average molecular weight is 649 g/mol. The molecule has 0 bridgehead atoms. The summed E-state index contributed by atoms with van der Waals surface area (Å²) in [6, 6.07) is 44.9. The van der Waals surface area contributed by atoms with Crippen LogP contribution in [0, 0.1) is 0 Å². The number of anilines is 3. The Kier molecular flexibility index (Phi) is 8.40. The monoisotopic (exact) mass is 649 g/mol. The van der Waals surface area contributed by atoms with E-state index in [0.717, 1.165) is 50.2 Å². The normalized spacial score (nSPS) is 18.9. The highest BCUT2D eigenvalue weighted by atomic mass is 16.7. The smallest absolute Gasteiger partial charge is 0.399 e. The molecule has 2 fully saturated rings. The predicted octanol–water partition coefficient (Wildman–Crippen LogP) is 9.09. The van der Waals surface area contributed by atoms with E-state index in [2.05, 4.69) is 188 Å². The van der Waals surface area contributed by atoms with Crippen LogP contribution in [0.25, 0.3) is 22.3 Å². The summed E-state index contributed by atoms with van der Waals surface area (Å²) in [5.74, 6) is 0. The van der Waals surface area contributed by atoms with Crippen molar-refractivity contribution in [3.63, 3.8) is 0 Å². The highest BCUT2D eigenvalue weighted by Gasteiger charge is 2.52. The fourth-order valence-electron chi connectivity index (χ4n) is 6.36. The second kappa shape index (κ2) is 12.3. The zero-order valence-electron chi connectivity index (χ0n) is 29.9. The number of benzene rings is 5. The predicted molar refractivity (Wildman–Crippen MR) is 203 cm³/mol. The summed E-state index contributed by atoms with van der Waals surface area (Å²) in [6.07, 6.45) is 0. The van der Waals surface area contributed by atoms with Crippen LogP contribution in [0.2, 0.25) is 0 Å². The van der Waals surface area contributed by atoms with E-state index in [-0.39, 0.29) is 0 Å². The maximum atomic E-state index is 6.38. The van der Waals surface area contributed by atoms with Crippen molar-refractivity contribution in [3.05, 3.63) is 127 Å². The lowest BCUT2D eigenvalue weighted by Gasteiger charge is -2.32. The second-order valence-electron chi connectivity index (χ2n) is 15.2. The maximum Gasteiger partial charge on any atom is 0.494 e. The summed E-state index contributed by atoms with van der Waals surface area (Å²) in [7, 11) is -0.833. The molecule has 0 N–H and O–H groups in total. The number of hydrogen-bond donors (Lipinski definition) is 0. The van der Waals surface area contributed by atoms with Crippen molar-refractivity contribution in [3.8, 4) is 22.3 Å². The molecule has 0 atom stereocenters. The van der Waals surface area contributed by atoms with Gasteiger partial charge < -0.3 is 23.5 Å². The molecule has 5 aromatic rings. The van der Waals surface area contributed by atoms with Crippen LogP contribution >= 0.6 is 0 Å². The minimum absolute atomic E-state index is 0.397. The lowest BCUT2D eigenvalue weighted by atomic mass is 9.78. The summed E-state index contributed by atoms with van der Waals surface area (Å²) < 4.78 is 25.5. The van der Waals surface area contributed by atoms with Crippen molar-refractivity contribution < 1.29 is 18.6 Å². The molecule has 2 aliphatic rings. The van der Waals surface area contributed by atoms with Gasteiger partial charge in [-0.05, 0) is 125 Å². The third kappa shape index (κ3) is 6.37. The molecule has 0 saturated carbocycles. The van der Waals surface area contributed by atoms with Gasteiger partial charge in [0, 0.05) is 17.1 Å². The molecular weight excluding hydrogens is 604 g/mol. The van der Waals surface area contributed by atoms with Gasteiger partial charge in [-0.15, -0.1) is 0 Å². The van der Waals surface area contributed by atoms with E-state index >= 15 is 0 Å². The molecule has 5 aromatic carbocycles. The van der Waals surface area contributed by atoms with Crippen LogP contribution in [-0.2, 0) is 18.6 Å². The van der Waals surface area contributed by atoms with Crippen LogP contribution in [0.1, 0.15) is 55.4 Å². The van der Waals surface area contributed by atoms with E-state index in [1.165, 1.54) is 0 Å². The summed E-state index contributed by atoms with van der Waals surface area (Å²) in [4.78, 5) is 2.31. The third-order valence-corrected chi connectivity index (χ3v) is 10.7. The molecule has 248 valence electrons. The van der Waals surface area contributed by atoms with Gasteiger partial charge in [0.1, 0.15) is 0 Å². The fourth-order valence-corrected chi connectivity index (χ4v) is 6.36. The largest absolute Gasteiger partial charge is 0.494 e. The van der Waals surface area contributed by atoms with Gasteiger partial charge in [-0.2, -0.15) is 0 Å². The summed E-state index contributed by atoms with van der Waals surface area (Å²) in [5, 5.41) is 0. The zero-order chi connectivity index (χ0) is 34.6. The SMILES string of the molecule is CC1(C)OB(c2cccc(-c3cccc(N(c4ccccc4)c4cccc(-c5cccc(B6OC(C)(C)C(C)(C)O6)c5)c4)c3)c2)OC1(C)C. The molecule has 2 heterocycles. The first-order valence-electron chi connectivity index (χ1n) is 17.2. The van der Waals surface area contributed by atoms with Crippen LogP contribution in [0.5, 0.6) is 0 Å². The molecule has 0 spiro atoms. The minimum Gasteiger partial charge on any atom is -0.399 e. The molecule has 5 nitrogen and oxygen atoms in total. The molecule has 0 amide bonds. The molecule has 7 rings (SSSR count). The topological polar surface area (TPSA) is 40.2 Å². The van der Waals surface area contributed by atoms with Crippen molar-refractivity contribution in [1.29, 1.82) is 0 Å². The Morgan fingerprint density at radius 1 is 0.367 bits per heavy atom. The number of para-hydroxylation sites is 1. The maximum absolute atomic E-state index is 6.38. The van der Waals surface area contributed by atoms with Crippen molar-refractivity contribution in [1.82, 2.24) is 0 Å². The Hall–Kier alpha value is -4.13. The molecule has 7 heteroatoms. The number of rotatable bonds is 7. The van der Waals surface area contributed by atoms with Crippen LogP contribution in [-0.4, -0.2) is 36.6 Å². The summed E-state index contributed by atoms with van der Waals surface area (Å²) in [6.45, 7) is 16.7. The third-order valence-electron chi connectivity index (χ3n) is 10.7. The first kappa shape index (κ1) is 33.4. The minimum atomic E-state index is -0.417. The van der Waals surface area contributed by atoms with Crippen molar-refractivity contribution in [2.75, 3.05) is 4.90 Å². The molecule has 0 aliphatic carbocycles. The van der Waals surface area contributed by atoms with Crippen molar-refractivity contribution in [2.45, 2.75) is 77.8 Å². The quantitative estimate of drug-likeness (QED) is 0.165. The zero-order valence-corrected chi connectivity index (χ0v) is 29.9. The second-order valence-corrected chi connectivity index (χ2v) is 15.2. The molecule has 2 saturated heterocycles. The Bertz CT molecular complexity index is 1820. The number of nitrogens with zero attached hydrogens (tertiary/aromatic N) is 1. The first-order valence-corrected chi connectivity index (χ1v) is 17.2. The van der Waals surface area contributed by atoms with E-state index < -0.39 is 36.6 Å². The van der Waals surface area contributed by atoms with E-state index in [1.807, 2.05) is 0 Å². The van der Waals surface area contributed by atoms with Crippen LogP contribution in [0.4, 0.5) is 17.1 Å². The standard InChI is InChI=1S/C42H45B2NO4/c1-39(2)40(3,4)47-43(46-39)34-20-12-16-30(26-34)32-18-14-24-37(28-32)45(36-22-10-9-11-23-36)38-25-15-19-33(29-38)31-17-13-21-35(27-31)44-48-41(5,6)42(7,8)49-44/h9-29H,1-8H3. The molecule has 2 aliphatic heterocycles. The fraction of sp³-hybridized carbons (Fsp3) is 0.286. The van der Waals surface area contributed by atoms with Gasteiger partial charge in [-0.25, -0.2) is 0 Å².